The van der Waals surface area contributed by atoms with Gasteiger partial charge in [-0.3, -0.25) is 14.5 Å². The molecule has 1 saturated heterocycles. The van der Waals surface area contributed by atoms with Gasteiger partial charge in [0.05, 0.1) is 18.4 Å². The highest BCUT2D eigenvalue weighted by atomic mass is 32.1. The summed E-state index contributed by atoms with van der Waals surface area (Å²) < 4.78 is 10.5. The van der Waals surface area contributed by atoms with Crippen molar-refractivity contribution in [2.45, 2.75) is 26.8 Å². The van der Waals surface area contributed by atoms with E-state index < -0.39 is 23.7 Å². The van der Waals surface area contributed by atoms with Crippen molar-refractivity contribution < 1.29 is 28.6 Å². The Morgan fingerprint density at radius 3 is 2.41 bits per heavy atom. The van der Waals surface area contributed by atoms with E-state index in [4.69, 9.17) is 9.15 Å². The number of benzene rings is 1. The summed E-state index contributed by atoms with van der Waals surface area (Å²) >= 11 is 0.933. The Bertz CT molecular complexity index is 1270. The summed E-state index contributed by atoms with van der Waals surface area (Å²) in [6, 6.07) is 9.24. The normalized spacial score (nSPS) is 17.8. The number of hydrogen-bond acceptors (Lipinski definition) is 8. The van der Waals surface area contributed by atoms with E-state index in [1.807, 2.05) is 6.92 Å². The molecule has 4 rings (SSSR count). The number of furan rings is 1. The number of anilines is 1. The van der Waals surface area contributed by atoms with Crippen LogP contribution in [0, 0.1) is 20.8 Å². The first-order valence-electron chi connectivity index (χ1n) is 9.73. The Balaban J connectivity index is 1.92. The zero-order valence-electron chi connectivity index (χ0n) is 17.8. The van der Waals surface area contributed by atoms with Gasteiger partial charge in [-0.1, -0.05) is 41.2 Å². The molecule has 9 heteroatoms. The number of aryl methyl sites for hydroxylation is 3. The predicted molar refractivity (Wildman–Crippen MR) is 118 cm³/mol. The third-order valence-corrected chi connectivity index (χ3v) is 6.30. The van der Waals surface area contributed by atoms with Crippen LogP contribution in [0.4, 0.5) is 5.13 Å². The van der Waals surface area contributed by atoms with Crippen molar-refractivity contribution in [1.82, 2.24) is 4.98 Å². The highest BCUT2D eigenvalue weighted by molar-refractivity contribution is 7.17. The van der Waals surface area contributed by atoms with E-state index in [0.29, 0.717) is 22.8 Å². The van der Waals surface area contributed by atoms with Gasteiger partial charge in [0.2, 0.25) is 0 Å². The molecule has 1 N–H and O–H groups in total. The number of methoxy groups -OCH3 is 1. The lowest BCUT2D eigenvalue weighted by Gasteiger charge is -2.20. The molecule has 1 fully saturated rings. The molecule has 1 aliphatic heterocycles. The van der Waals surface area contributed by atoms with Crippen molar-refractivity contribution in [3.8, 4) is 0 Å². The van der Waals surface area contributed by atoms with Crippen molar-refractivity contribution in [2.24, 2.45) is 0 Å². The number of rotatable bonds is 4. The summed E-state index contributed by atoms with van der Waals surface area (Å²) in [6.45, 7) is 5.25. The molecule has 0 radical (unpaired) electrons. The number of aliphatic hydroxyl groups is 1. The van der Waals surface area contributed by atoms with E-state index >= 15 is 0 Å². The Labute approximate surface area is 187 Å². The van der Waals surface area contributed by atoms with E-state index in [1.54, 1.807) is 50.2 Å². The van der Waals surface area contributed by atoms with Gasteiger partial charge >= 0.3 is 11.9 Å². The van der Waals surface area contributed by atoms with E-state index in [-0.39, 0.29) is 21.3 Å². The summed E-state index contributed by atoms with van der Waals surface area (Å²) in [5.41, 5.74) is 1.63. The number of amides is 1. The molecule has 0 bridgehead atoms. The molecule has 3 aromatic rings. The average Bonchev–Trinajstić information content (AvgIpc) is 3.44. The Morgan fingerprint density at radius 2 is 1.81 bits per heavy atom. The SMILES string of the molecule is COC(=O)c1sc(N2C(=O)C(=O)/C(=C(\O)c3ccc(C)cc3)C2c2ccc(C)o2)nc1C. The number of Topliss-reactive ketones (excluding diaryl/α,β-unsaturated/α-hetero) is 1. The monoisotopic (exact) mass is 452 g/mol. The van der Waals surface area contributed by atoms with Crippen molar-refractivity contribution in [2.75, 3.05) is 12.0 Å². The molecule has 1 amide bonds. The number of aromatic nitrogens is 1. The van der Waals surface area contributed by atoms with Crippen LogP contribution in [-0.2, 0) is 14.3 Å². The molecule has 32 heavy (non-hydrogen) atoms. The topological polar surface area (TPSA) is 110 Å². The summed E-state index contributed by atoms with van der Waals surface area (Å²) in [5.74, 6) is -1.77. The molecule has 0 aliphatic carbocycles. The molecule has 0 spiro atoms. The maximum absolute atomic E-state index is 13.1. The summed E-state index contributed by atoms with van der Waals surface area (Å²) in [4.78, 5) is 43.9. The van der Waals surface area contributed by atoms with Gasteiger partial charge in [-0.2, -0.15) is 0 Å². The molecule has 0 saturated carbocycles. The number of hydrogen-bond donors (Lipinski definition) is 1. The average molecular weight is 452 g/mol. The van der Waals surface area contributed by atoms with Gasteiger partial charge in [0.15, 0.2) is 5.13 Å². The molecule has 1 aromatic carbocycles. The minimum absolute atomic E-state index is 0.110. The van der Waals surface area contributed by atoms with Crippen molar-refractivity contribution in [3.05, 3.63) is 75.2 Å². The van der Waals surface area contributed by atoms with E-state index in [2.05, 4.69) is 4.98 Å². The van der Waals surface area contributed by atoms with Crippen LogP contribution in [0.5, 0.6) is 0 Å². The third-order valence-electron chi connectivity index (χ3n) is 5.16. The first-order chi connectivity index (χ1) is 15.2. The van der Waals surface area contributed by atoms with Crippen LogP contribution in [0.3, 0.4) is 0 Å². The molecule has 1 aliphatic rings. The largest absolute Gasteiger partial charge is 0.507 e. The summed E-state index contributed by atoms with van der Waals surface area (Å²) in [6.07, 6.45) is 0. The fourth-order valence-electron chi connectivity index (χ4n) is 3.53. The van der Waals surface area contributed by atoms with Gasteiger partial charge in [0.1, 0.15) is 28.2 Å². The Hall–Kier alpha value is -3.72. The van der Waals surface area contributed by atoms with Crippen LogP contribution in [0.15, 0.2) is 46.4 Å². The maximum atomic E-state index is 13.1. The first-order valence-corrected chi connectivity index (χ1v) is 10.5. The minimum atomic E-state index is -1.04. The summed E-state index contributed by atoms with van der Waals surface area (Å²) in [5, 5.41) is 11.2. The van der Waals surface area contributed by atoms with Crippen LogP contribution in [0.1, 0.15) is 44.1 Å². The lowest BCUT2D eigenvalue weighted by atomic mass is 9.99. The van der Waals surface area contributed by atoms with E-state index in [9.17, 15) is 19.5 Å². The van der Waals surface area contributed by atoms with Gasteiger partial charge in [-0.05, 0) is 32.9 Å². The molecule has 1 unspecified atom stereocenters. The summed E-state index contributed by atoms with van der Waals surface area (Å²) in [7, 11) is 1.25. The number of aliphatic hydroxyl groups excluding tert-OH is 1. The molecule has 8 nitrogen and oxygen atoms in total. The third kappa shape index (κ3) is 3.50. The van der Waals surface area contributed by atoms with Crippen LogP contribution < -0.4 is 4.90 Å². The number of esters is 1. The lowest BCUT2D eigenvalue weighted by molar-refractivity contribution is -0.132. The predicted octanol–water partition coefficient (Wildman–Crippen LogP) is 4.07. The second kappa shape index (κ2) is 8.08. The van der Waals surface area contributed by atoms with Gasteiger partial charge in [-0.15, -0.1) is 0 Å². The number of carbonyl (C=O) groups excluding carboxylic acids is 3. The smallest absolute Gasteiger partial charge is 0.350 e. The van der Waals surface area contributed by atoms with Crippen LogP contribution in [-0.4, -0.2) is 34.9 Å². The zero-order chi connectivity index (χ0) is 23.2. The number of nitrogens with zero attached hydrogens (tertiary/aromatic N) is 2. The van der Waals surface area contributed by atoms with Crippen LogP contribution >= 0.6 is 11.3 Å². The molecule has 3 heterocycles. The molecule has 2 aromatic heterocycles. The fraction of sp³-hybridized carbons (Fsp3) is 0.217. The lowest BCUT2D eigenvalue weighted by Crippen LogP contribution is -2.29. The molecule has 1 atom stereocenters. The van der Waals surface area contributed by atoms with Gasteiger partial charge < -0.3 is 14.3 Å². The van der Waals surface area contributed by atoms with E-state index in [1.165, 1.54) is 7.11 Å². The number of thiazole rings is 1. The second-order valence-corrected chi connectivity index (χ2v) is 8.36. The molecule has 164 valence electrons. The second-order valence-electron chi connectivity index (χ2n) is 7.39. The van der Waals surface area contributed by atoms with Crippen molar-refractivity contribution in [1.29, 1.82) is 0 Å². The first kappa shape index (κ1) is 21.5. The van der Waals surface area contributed by atoms with Gasteiger partial charge in [0.25, 0.3) is 5.78 Å². The van der Waals surface area contributed by atoms with E-state index in [0.717, 1.165) is 21.8 Å². The number of carbonyl (C=O) groups is 3. The van der Waals surface area contributed by atoms with Crippen LogP contribution in [0.2, 0.25) is 0 Å². The van der Waals surface area contributed by atoms with Crippen molar-refractivity contribution >= 4 is 39.9 Å². The number of ketones is 1. The fourth-order valence-corrected chi connectivity index (χ4v) is 4.55. The van der Waals surface area contributed by atoms with Gasteiger partial charge in [0, 0.05) is 5.56 Å². The van der Waals surface area contributed by atoms with Gasteiger partial charge in [-0.25, -0.2) is 9.78 Å². The van der Waals surface area contributed by atoms with Crippen molar-refractivity contribution in [3.63, 3.8) is 0 Å². The Morgan fingerprint density at radius 1 is 1.12 bits per heavy atom. The maximum Gasteiger partial charge on any atom is 0.350 e. The minimum Gasteiger partial charge on any atom is -0.507 e. The zero-order valence-corrected chi connectivity index (χ0v) is 18.6. The number of ether oxygens (including phenoxy) is 1. The Kier molecular flexibility index (Phi) is 5.43. The standard InChI is InChI=1S/C23H20N2O6S/c1-11-5-8-14(9-6-11)18(26)16-17(15-10-7-12(2)31-15)25(21(28)19(16)27)23-24-13(3)20(32-23)22(29)30-4/h5-10,17,26H,1-4H3/b18-16-. The van der Waals surface area contributed by atoms with Crippen LogP contribution in [0.25, 0.3) is 5.76 Å². The molecular formula is C23H20N2O6S. The molecular weight excluding hydrogens is 432 g/mol. The quantitative estimate of drug-likeness (QED) is 0.275. The highest BCUT2D eigenvalue weighted by Crippen LogP contribution is 2.44. The highest BCUT2D eigenvalue weighted by Gasteiger charge is 2.49.